The highest BCUT2D eigenvalue weighted by atomic mass is 15.3. The fraction of sp³-hybridized carbons (Fsp3) is 0.333. The third-order valence-electron chi connectivity index (χ3n) is 3.58. The summed E-state index contributed by atoms with van der Waals surface area (Å²) < 4.78 is 3.84. The van der Waals surface area contributed by atoms with Gasteiger partial charge in [-0.2, -0.15) is 5.10 Å². The molecule has 1 aromatic carbocycles. The number of rotatable bonds is 3. The molecule has 0 radical (unpaired) electrons. The molecule has 0 amide bonds. The van der Waals surface area contributed by atoms with Crippen LogP contribution in [0.15, 0.2) is 24.3 Å². The molecule has 0 saturated heterocycles. The summed E-state index contributed by atoms with van der Waals surface area (Å²) in [6, 6.07) is 8.33. The van der Waals surface area contributed by atoms with E-state index in [4.69, 9.17) is 5.73 Å². The van der Waals surface area contributed by atoms with E-state index in [1.165, 1.54) is 5.56 Å². The topological polar surface area (TPSA) is 61.7 Å². The predicted molar refractivity (Wildman–Crippen MR) is 81.0 cm³/mol. The molecule has 2 heterocycles. The van der Waals surface area contributed by atoms with Crippen LogP contribution in [0.5, 0.6) is 0 Å². The summed E-state index contributed by atoms with van der Waals surface area (Å²) in [5, 5.41) is 4.43. The minimum Gasteiger partial charge on any atom is -0.369 e. The average Bonchev–Trinajstić information content (AvgIpc) is 2.89. The van der Waals surface area contributed by atoms with Gasteiger partial charge in [-0.05, 0) is 25.0 Å². The second kappa shape index (κ2) is 4.67. The normalized spacial score (nSPS) is 11.3. The predicted octanol–water partition coefficient (Wildman–Crippen LogP) is 2.60. The van der Waals surface area contributed by atoms with Crippen LogP contribution in [0.1, 0.15) is 24.6 Å². The van der Waals surface area contributed by atoms with Gasteiger partial charge in [-0.3, -0.25) is 4.57 Å². The van der Waals surface area contributed by atoms with Crippen molar-refractivity contribution in [2.45, 2.75) is 26.7 Å². The second-order valence-corrected chi connectivity index (χ2v) is 5.07. The maximum Gasteiger partial charge on any atom is 0.207 e. The number of nitrogens with zero attached hydrogens (tertiary/aromatic N) is 4. The first-order chi connectivity index (χ1) is 9.63. The highest BCUT2D eigenvalue weighted by Gasteiger charge is 2.18. The van der Waals surface area contributed by atoms with E-state index < -0.39 is 0 Å². The maximum atomic E-state index is 6.14. The number of hydrogen-bond acceptors (Lipinski definition) is 3. The molecule has 0 aliphatic heterocycles. The number of hydrogen-bond donors (Lipinski definition) is 1. The lowest BCUT2D eigenvalue weighted by Gasteiger charge is -2.12. The third kappa shape index (κ3) is 1.78. The summed E-state index contributed by atoms with van der Waals surface area (Å²) in [6.45, 7) is 4.13. The van der Waals surface area contributed by atoms with E-state index in [9.17, 15) is 0 Å². The van der Waals surface area contributed by atoms with Crippen LogP contribution in [-0.4, -0.2) is 19.3 Å². The molecule has 0 atom stereocenters. The van der Waals surface area contributed by atoms with Gasteiger partial charge in [0.05, 0.1) is 11.4 Å². The summed E-state index contributed by atoms with van der Waals surface area (Å²) in [5.41, 5.74) is 11.2. The molecule has 2 aromatic heterocycles. The molecule has 0 aliphatic rings. The Morgan fingerprint density at radius 3 is 2.75 bits per heavy atom. The van der Waals surface area contributed by atoms with Crippen LogP contribution in [0.4, 0.5) is 5.95 Å². The van der Waals surface area contributed by atoms with Crippen molar-refractivity contribution in [1.82, 2.24) is 19.3 Å². The van der Waals surface area contributed by atoms with Crippen LogP contribution in [-0.2, 0) is 13.5 Å². The Morgan fingerprint density at radius 1 is 1.25 bits per heavy atom. The van der Waals surface area contributed by atoms with Gasteiger partial charge < -0.3 is 5.73 Å². The number of benzene rings is 1. The number of nitrogens with two attached hydrogens (primary N) is 1. The summed E-state index contributed by atoms with van der Waals surface area (Å²) in [4.78, 5) is 4.47. The number of fused-ring (bicyclic) bond motifs is 1. The van der Waals surface area contributed by atoms with E-state index in [-0.39, 0.29) is 0 Å². The van der Waals surface area contributed by atoms with Crippen LogP contribution in [0, 0.1) is 6.92 Å². The van der Waals surface area contributed by atoms with Gasteiger partial charge in [0.25, 0.3) is 0 Å². The fourth-order valence-corrected chi connectivity index (χ4v) is 2.74. The van der Waals surface area contributed by atoms with Crippen molar-refractivity contribution < 1.29 is 0 Å². The van der Waals surface area contributed by atoms with E-state index in [2.05, 4.69) is 35.2 Å². The standard InChI is InChI=1S/C15H19N5/c1-4-7-11-8-5-6-9-12(11)20-14-13(17-15(20)16)10(2)18-19(14)3/h5-6,8-9H,4,7H2,1-3H3,(H2,16,17). The van der Waals surface area contributed by atoms with Gasteiger partial charge in [0.2, 0.25) is 5.95 Å². The lowest BCUT2D eigenvalue weighted by Crippen LogP contribution is -2.07. The first kappa shape index (κ1) is 12.7. The first-order valence-electron chi connectivity index (χ1n) is 6.89. The Balaban J connectivity index is 2.32. The Labute approximate surface area is 118 Å². The van der Waals surface area contributed by atoms with Crippen molar-refractivity contribution in [3.8, 4) is 5.69 Å². The van der Waals surface area contributed by atoms with Crippen molar-refractivity contribution in [3.63, 3.8) is 0 Å². The summed E-state index contributed by atoms with van der Waals surface area (Å²) >= 11 is 0. The molecule has 0 fully saturated rings. The van der Waals surface area contributed by atoms with Crippen LogP contribution in [0.3, 0.4) is 0 Å². The Hall–Kier alpha value is -2.30. The third-order valence-corrected chi connectivity index (χ3v) is 3.58. The minimum atomic E-state index is 0.514. The zero-order chi connectivity index (χ0) is 14.3. The van der Waals surface area contributed by atoms with Gasteiger partial charge in [-0.1, -0.05) is 31.5 Å². The molecule has 0 aliphatic carbocycles. The van der Waals surface area contributed by atoms with E-state index >= 15 is 0 Å². The van der Waals surface area contributed by atoms with Gasteiger partial charge >= 0.3 is 0 Å². The second-order valence-electron chi connectivity index (χ2n) is 5.07. The van der Waals surface area contributed by atoms with Crippen LogP contribution in [0.2, 0.25) is 0 Å². The van der Waals surface area contributed by atoms with Crippen molar-refractivity contribution in [1.29, 1.82) is 0 Å². The highest BCUT2D eigenvalue weighted by molar-refractivity contribution is 5.80. The molecule has 0 unspecified atom stereocenters. The molecule has 104 valence electrons. The van der Waals surface area contributed by atoms with Crippen molar-refractivity contribution in [3.05, 3.63) is 35.5 Å². The van der Waals surface area contributed by atoms with Gasteiger partial charge in [-0.25, -0.2) is 9.67 Å². The molecule has 3 rings (SSSR count). The summed E-state index contributed by atoms with van der Waals surface area (Å²) in [7, 11) is 1.93. The lowest BCUT2D eigenvalue weighted by atomic mass is 10.1. The number of imidazole rings is 1. The SMILES string of the molecule is CCCc1ccccc1-n1c(N)nc2c(C)nn(C)c21. The Bertz CT molecular complexity index is 766. The van der Waals surface area contributed by atoms with Crippen LogP contribution in [0.25, 0.3) is 16.9 Å². The molecular weight excluding hydrogens is 250 g/mol. The minimum absolute atomic E-state index is 0.514. The number of para-hydroxylation sites is 1. The van der Waals surface area contributed by atoms with E-state index in [1.807, 2.05) is 29.3 Å². The molecule has 0 saturated carbocycles. The van der Waals surface area contributed by atoms with Gasteiger partial charge in [-0.15, -0.1) is 0 Å². The van der Waals surface area contributed by atoms with Crippen LogP contribution < -0.4 is 5.73 Å². The molecule has 5 nitrogen and oxygen atoms in total. The van der Waals surface area contributed by atoms with Gasteiger partial charge in [0.1, 0.15) is 5.52 Å². The molecule has 5 heteroatoms. The number of aryl methyl sites for hydroxylation is 3. The summed E-state index contributed by atoms with van der Waals surface area (Å²) in [6.07, 6.45) is 2.12. The van der Waals surface area contributed by atoms with E-state index in [0.717, 1.165) is 35.4 Å². The Morgan fingerprint density at radius 2 is 2.00 bits per heavy atom. The fourth-order valence-electron chi connectivity index (χ4n) is 2.74. The zero-order valence-corrected chi connectivity index (χ0v) is 12.1. The smallest absolute Gasteiger partial charge is 0.207 e. The monoisotopic (exact) mass is 269 g/mol. The molecular formula is C15H19N5. The summed E-state index contributed by atoms with van der Waals surface area (Å²) in [5.74, 6) is 0.514. The quantitative estimate of drug-likeness (QED) is 0.795. The molecule has 2 N–H and O–H groups in total. The first-order valence-corrected chi connectivity index (χ1v) is 6.89. The molecule has 0 bridgehead atoms. The lowest BCUT2D eigenvalue weighted by molar-refractivity contribution is 0.760. The van der Waals surface area contributed by atoms with Crippen LogP contribution >= 0.6 is 0 Å². The van der Waals surface area contributed by atoms with Gasteiger partial charge in [0.15, 0.2) is 5.65 Å². The molecule has 3 aromatic rings. The zero-order valence-electron chi connectivity index (χ0n) is 12.1. The number of aromatic nitrogens is 4. The number of anilines is 1. The highest BCUT2D eigenvalue weighted by Crippen LogP contribution is 2.27. The van der Waals surface area contributed by atoms with Crippen molar-refractivity contribution >= 4 is 17.1 Å². The average molecular weight is 269 g/mol. The maximum absolute atomic E-state index is 6.14. The largest absolute Gasteiger partial charge is 0.369 e. The van der Waals surface area contributed by atoms with Crippen molar-refractivity contribution in [2.24, 2.45) is 7.05 Å². The molecule has 0 spiro atoms. The Kier molecular flexibility index (Phi) is 2.97. The molecule has 20 heavy (non-hydrogen) atoms. The van der Waals surface area contributed by atoms with Gasteiger partial charge in [0, 0.05) is 7.05 Å². The van der Waals surface area contributed by atoms with E-state index in [0.29, 0.717) is 5.95 Å². The number of nitrogen functional groups attached to an aromatic ring is 1. The van der Waals surface area contributed by atoms with Crippen molar-refractivity contribution in [2.75, 3.05) is 5.73 Å². The van der Waals surface area contributed by atoms with E-state index in [1.54, 1.807) is 0 Å².